The topological polar surface area (TPSA) is 0 Å². The SMILES string of the molecule is C1C[C@@H]2SCCS[C@@H]2C1. The van der Waals surface area contributed by atoms with Crippen molar-refractivity contribution < 1.29 is 0 Å². The van der Waals surface area contributed by atoms with Crippen molar-refractivity contribution in [2.24, 2.45) is 0 Å². The molecule has 0 spiro atoms. The quantitative estimate of drug-likeness (QED) is 0.533. The third-order valence-corrected chi connectivity index (χ3v) is 5.43. The first kappa shape index (κ1) is 6.41. The predicted octanol–water partition coefficient (Wildman–Crippen LogP) is 2.39. The summed E-state index contributed by atoms with van der Waals surface area (Å²) in [5.41, 5.74) is 0. The highest BCUT2D eigenvalue weighted by Gasteiger charge is 2.30. The fraction of sp³-hybridized carbons (Fsp3) is 1.00. The third-order valence-electron chi connectivity index (χ3n) is 2.14. The zero-order valence-corrected chi connectivity index (χ0v) is 7.14. The zero-order chi connectivity index (χ0) is 6.10. The van der Waals surface area contributed by atoms with Gasteiger partial charge in [0, 0.05) is 22.0 Å². The van der Waals surface area contributed by atoms with Gasteiger partial charge in [0.1, 0.15) is 0 Å². The molecular weight excluding hydrogens is 148 g/mol. The van der Waals surface area contributed by atoms with Gasteiger partial charge in [0.2, 0.25) is 0 Å². The van der Waals surface area contributed by atoms with Crippen molar-refractivity contribution in [2.45, 2.75) is 29.8 Å². The van der Waals surface area contributed by atoms with Gasteiger partial charge in [-0.2, -0.15) is 23.5 Å². The van der Waals surface area contributed by atoms with Crippen LogP contribution in [0.1, 0.15) is 19.3 Å². The predicted molar refractivity (Wildman–Crippen MR) is 46.3 cm³/mol. The Balaban J connectivity index is 1.97. The molecule has 0 bridgehead atoms. The molecule has 2 fully saturated rings. The van der Waals surface area contributed by atoms with Crippen LogP contribution >= 0.6 is 23.5 Å². The van der Waals surface area contributed by atoms with Crippen molar-refractivity contribution in [3.8, 4) is 0 Å². The standard InChI is InChI=1S/C7H12S2/c1-2-6-7(3-1)9-5-4-8-6/h6-7H,1-5H2/t6-,7+. The minimum Gasteiger partial charge on any atom is -0.157 e. The van der Waals surface area contributed by atoms with E-state index >= 15 is 0 Å². The Morgan fingerprint density at radius 2 is 1.44 bits per heavy atom. The Labute approximate surface area is 65.2 Å². The van der Waals surface area contributed by atoms with Crippen molar-refractivity contribution in [3.05, 3.63) is 0 Å². The Morgan fingerprint density at radius 3 is 2.00 bits per heavy atom. The maximum absolute atomic E-state index is 2.21. The monoisotopic (exact) mass is 160 g/mol. The van der Waals surface area contributed by atoms with Crippen molar-refractivity contribution >= 4 is 23.5 Å². The second-order valence-corrected chi connectivity index (χ2v) is 5.44. The van der Waals surface area contributed by atoms with Crippen LogP contribution in [-0.2, 0) is 0 Å². The van der Waals surface area contributed by atoms with Crippen LogP contribution in [0.25, 0.3) is 0 Å². The lowest BCUT2D eigenvalue weighted by atomic mass is 10.4. The lowest BCUT2D eigenvalue weighted by Crippen LogP contribution is -2.18. The molecule has 52 valence electrons. The molecule has 1 aliphatic heterocycles. The number of hydrogen-bond acceptors (Lipinski definition) is 2. The van der Waals surface area contributed by atoms with Gasteiger partial charge in [0.15, 0.2) is 0 Å². The molecule has 0 unspecified atom stereocenters. The summed E-state index contributed by atoms with van der Waals surface area (Å²) < 4.78 is 0. The molecule has 2 atom stereocenters. The Bertz CT molecular complexity index is 91.1. The first-order valence-corrected chi connectivity index (χ1v) is 5.80. The summed E-state index contributed by atoms with van der Waals surface area (Å²) in [6.07, 6.45) is 4.50. The molecule has 1 saturated heterocycles. The first-order chi connectivity index (χ1) is 4.47. The van der Waals surface area contributed by atoms with Crippen LogP contribution in [0, 0.1) is 0 Å². The summed E-state index contributed by atoms with van der Waals surface area (Å²) >= 11 is 4.43. The van der Waals surface area contributed by atoms with E-state index in [1.54, 1.807) is 0 Å². The van der Waals surface area contributed by atoms with E-state index in [0.29, 0.717) is 0 Å². The normalized spacial score (nSPS) is 42.7. The van der Waals surface area contributed by atoms with Gasteiger partial charge in [-0.25, -0.2) is 0 Å². The third kappa shape index (κ3) is 1.25. The van der Waals surface area contributed by atoms with E-state index in [1.165, 1.54) is 30.8 Å². The lowest BCUT2D eigenvalue weighted by Gasteiger charge is -2.23. The molecule has 0 N–H and O–H groups in total. The van der Waals surface area contributed by atoms with Gasteiger partial charge in [-0.3, -0.25) is 0 Å². The molecule has 2 aliphatic rings. The van der Waals surface area contributed by atoms with Crippen LogP contribution in [0.5, 0.6) is 0 Å². The molecule has 0 aromatic heterocycles. The number of rotatable bonds is 0. The fourth-order valence-corrected chi connectivity index (χ4v) is 4.89. The van der Waals surface area contributed by atoms with Crippen LogP contribution in [-0.4, -0.2) is 22.0 Å². The minimum absolute atomic E-state index is 1.05. The highest BCUT2D eigenvalue weighted by molar-refractivity contribution is 8.07. The van der Waals surface area contributed by atoms with E-state index in [4.69, 9.17) is 0 Å². The first-order valence-electron chi connectivity index (χ1n) is 3.70. The number of fused-ring (bicyclic) bond motifs is 1. The van der Waals surface area contributed by atoms with Crippen molar-refractivity contribution in [1.29, 1.82) is 0 Å². The van der Waals surface area contributed by atoms with E-state index in [9.17, 15) is 0 Å². The average Bonchev–Trinajstić information content (AvgIpc) is 2.33. The Kier molecular flexibility index (Phi) is 1.96. The van der Waals surface area contributed by atoms with Crippen molar-refractivity contribution in [1.82, 2.24) is 0 Å². The molecule has 1 aliphatic carbocycles. The lowest BCUT2D eigenvalue weighted by molar-refractivity contribution is 0.891. The second kappa shape index (κ2) is 2.75. The van der Waals surface area contributed by atoms with E-state index < -0.39 is 0 Å². The summed E-state index contributed by atoms with van der Waals surface area (Å²) in [5.74, 6) is 2.82. The molecule has 0 nitrogen and oxygen atoms in total. The molecule has 0 radical (unpaired) electrons. The second-order valence-electron chi connectivity index (χ2n) is 2.75. The van der Waals surface area contributed by atoms with Gasteiger partial charge in [0.25, 0.3) is 0 Å². The van der Waals surface area contributed by atoms with Gasteiger partial charge in [-0.05, 0) is 12.8 Å². The molecule has 1 saturated carbocycles. The summed E-state index contributed by atoms with van der Waals surface area (Å²) in [4.78, 5) is 0. The minimum atomic E-state index is 1.05. The molecule has 2 rings (SSSR count). The van der Waals surface area contributed by atoms with Gasteiger partial charge < -0.3 is 0 Å². The van der Waals surface area contributed by atoms with Crippen LogP contribution in [0.2, 0.25) is 0 Å². The molecule has 2 heteroatoms. The van der Waals surface area contributed by atoms with Crippen molar-refractivity contribution in [3.63, 3.8) is 0 Å². The van der Waals surface area contributed by atoms with Crippen LogP contribution in [0.4, 0.5) is 0 Å². The van der Waals surface area contributed by atoms with Crippen molar-refractivity contribution in [2.75, 3.05) is 11.5 Å². The Hall–Kier alpha value is 0.700. The molecule has 9 heavy (non-hydrogen) atoms. The van der Waals surface area contributed by atoms with Crippen LogP contribution < -0.4 is 0 Å². The van der Waals surface area contributed by atoms with E-state index in [0.717, 1.165) is 10.5 Å². The molecule has 0 aromatic carbocycles. The maximum Gasteiger partial charge on any atom is 0.0166 e. The summed E-state index contributed by atoms with van der Waals surface area (Å²) in [6.45, 7) is 0. The number of hydrogen-bond donors (Lipinski definition) is 0. The summed E-state index contributed by atoms with van der Waals surface area (Å²) in [7, 11) is 0. The van der Waals surface area contributed by atoms with Crippen LogP contribution in [0.15, 0.2) is 0 Å². The highest BCUT2D eigenvalue weighted by Crippen LogP contribution is 2.41. The zero-order valence-electron chi connectivity index (χ0n) is 5.51. The molecule has 1 heterocycles. The fourth-order valence-electron chi connectivity index (χ4n) is 1.67. The van der Waals surface area contributed by atoms with E-state index in [2.05, 4.69) is 23.5 Å². The van der Waals surface area contributed by atoms with Crippen LogP contribution in [0.3, 0.4) is 0 Å². The average molecular weight is 160 g/mol. The Morgan fingerprint density at radius 1 is 0.889 bits per heavy atom. The smallest absolute Gasteiger partial charge is 0.0166 e. The maximum atomic E-state index is 2.21. The van der Waals surface area contributed by atoms with Gasteiger partial charge in [0.05, 0.1) is 0 Å². The molecular formula is C7H12S2. The molecule has 0 amide bonds. The largest absolute Gasteiger partial charge is 0.157 e. The van der Waals surface area contributed by atoms with Gasteiger partial charge in [-0.15, -0.1) is 0 Å². The van der Waals surface area contributed by atoms with Gasteiger partial charge >= 0.3 is 0 Å². The highest BCUT2D eigenvalue weighted by atomic mass is 32.2. The summed E-state index contributed by atoms with van der Waals surface area (Å²) in [6, 6.07) is 0. The van der Waals surface area contributed by atoms with E-state index in [-0.39, 0.29) is 0 Å². The summed E-state index contributed by atoms with van der Waals surface area (Å²) in [5, 5.41) is 2.09. The molecule has 0 aromatic rings. The van der Waals surface area contributed by atoms with Gasteiger partial charge in [-0.1, -0.05) is 6.42 Å². The number of thioether (sulfide) groups is 2. The van der Waals surface area contributed by atoms with E-state index in [1.807, 2.05) is 0 Å².